The van der Waals surface area contributed by atoms with Gasteiger partial charge in [0.15, 0.2) is 0 Å². The highest BCUT2D eigenvalue weighted by Crippen LogP contribution is 2.21. The summed E-state index contributed by atoms with van der Waals surface area (Å²) in [6.45, 7) is 0.526. The topological polar surface area (TPSA) is 62.2 Å². The fourth-order valence-corrected chi connectivity index (χ4v) is 3.09. The van der Waals surface area contributed by atoms with Crippen LogP contribution in [0, 0.1) is 0 Å². The Morgan fingerprint density at radius 3 is 2.68 bits per heavy atom. The Morgan fingerprint density at radius 1 is 1.14 bits per heavy atom. The molecule has 1 heterocycles. The van der Waals surface area contributed by atoms with Gasteiger partial charge >= 0.3 is 0 Å². The van der Waals surface area contributed by atoms with Crippen molar-refractivity contribution in [2.45, 2.75) is 19.6 Å². The van der Waals surface area contributed by atoms with Gasteiger partial charge in [-0.15, -0.1) is 11.3 Å². The molecule has 0 saturated carbocycles. The Morgan fingerprint density at radius 2 is 1.91 bits per heavy atom. The van der Waals surface area contributed by atoms with Crippen LogP contribution in [0.5, 0.6) is 0 Å². The van der Waals surface area contributed by atoms with Crippen molar-refractivity contribution < 1.29 is 9.90 Å². The van der Waals surface area contributed by atoms with E-state index in [-0.39, 0.29) is 12.5 Å². The number of aliphatic hydroxyl groups is 1. The van der Waals surface area contributed by atoms with Crippen LogP contribution in [-0.4, -0.2) is 16.0 Å². The third-order valence-electron chi connectivity index (χ3n) is 3.48. The number of fused-ring (bicyclic) bond motifs is 1. The molecule has 3 aromatic rings. The van der Waals surface area contributed by atoms with Gasteiger partial charge in [0, 0.05) is 6.54 Å². The lowest BCUT2D eigenvalue weighted by Crippen LogP contribution is -2.24. The Hall–Kier alpha value is -2.24. The summed E-state index contributed by atoms with van der Waals surface area (Å²) in [7, 11) is 0. The van der Waals surface area contributed by atoms with Gasteiger partial charge in [-0.2, -0.15) is 0 Å². The number of benzene rings is 2. The Labute approximate surface area is 132 Å². The standard InChI is InChI=1S/C17H16N2O2S/c20-10-13-6-4-12(5-7-13)8-16(21)18-9-14-2-1-3-15-17(14)22-11-19-15/h1-7,11,20H,8-10H2,(H,18,21). The van der Waals surface area contributed by atoms with Crippen LogP contribution in [0.15, 0.2) is 48.0 Å². The lowest BCUT2D eigenvalue weighted by atomic mass is 10.1. The normalized spacial score (nSPS) is 10.8. The molecular formula is C17H16N2O2S. The zero-order valence-corrected chi connectivity index (χ0v) is 12.8. The molecule has 2 N–H and O–H groups in total. The van der Waals surface area contributed by atoms with Crippen LogP contribution in [0.4, 0.5) is 0 Å². The van der Waals surface area contributed by atoms with E-state index in [1.54, 1.807) is 11.3 Å². The van der Waals surface area contributed by atoms with Crippen LogP contribution in [-0.2, 0) is 24.4 Å². The van der Waals surface area contributed by atoms with Crippen molar-refractivity contribution in [3.63, 3.8) is 0 Å². The molecule has 5 heteroatoms. The maximum atomic E-state index is 12.0. The van der Waals surface area contributed by atoms with Crippen molar-refractivity contribution >= 4 is 27.5 Å². The first-order chi connectivity index (χ1) is 10.8. The Balaban J connectivity index is 1.61. The molecule has 4 nitrogen and oxygen atoms in total. The van der Waals surface area contributed by atoms with E-state index in [9.17, 15) is 4.79 Å². The highest BCUT2D eigenvalue weighted by Gasteiger charge is 2.07. The van der Waals surface area contributed by atoms with Crippen molar-refractivity contribution in [3.8, 4) is 0 Å². The number of carbonyl (C=O) groups is 1. The van der Waals surface area contributed by atoms with Gasteiger partial charge in [0.2, 0.25) is 5.91 Å². The molecule has 0 atom stereocenters. The van der Waals surface area contributed by atoms with Crippen molar-refractivity contribution in [1.82, 2.24) is 10.3 Å². The minimum Gasteiger partial charge on any atom is -0.392 e. The zero-order chi connectivity index (χ0) is 15.4. The lowest BCUT2D eigenvalue weighted by molar-refractivity contribution is -0.120. The van der Waals surface area contributed by atoms with Crippen LogP contribution in [0.2, 0.25) is 0 Å². The first kappa shape index (κ1) is 14.7. The van der Waals surface area contributed by atoms with Crippen LogP contribution in [0.1, 0.15) is 16.7 Å². The van der Waals surface area contributed by atoms with E-state index in [0.29, 0.717) is 13.0 Å². The summed E-state index contributed by atoms with van der Waals surface area (Å²) in [4.78, 5) is 16.3. The smallest absolute Gasteiger partial charge is 0.224 e. The number of aromatic nitrogens is 1. The molecule has 0 fully saturated rings. The molecule has 0 spiro atoms. The number of hydrogen-bond acceptors (Lipinski definition) is 4. The molecule has 112 valence electrons. The highest BCUT2D eigenvalue weighted by atomic mass is 32.1. The van der Waals surface area contributed by atoms with Gasteiger partial charge < -0.3 is 10.4 Å². The summed E-state index contributed by atoms with van der Waals surface area (Å²) < 4.78 is 1.12. The summed E-state index contributed by atoms with van der Waals surface area (Å²) in [6, 6.07) is 13.3. The number of nitrogens with zero attached hydrogens (tertiary/aromatic N) is 1. The van der Waals surface area contributed by atoms with Crippen LogP contribution >= 0.6 is 11.3 Å². The van der Waals surface area contributed by atoms with Gasteiger partial charge in [0.1, 0.15) is 0 Å². The maximum absolute atomic E-state index is 12.0. The van der Waals surface area contributed by atoms with Crippen molar-refractivity contribution in [3.05, 3.63) is 64.7 Å². The van der Waals surface area contributed by atoms with Crippen LogP contribution < -0.4 is 5.32 Å². The van der Waals surface area contributed by atoms with Crippen LogP contribution in [0.3, 0.4) is 0 Å². The molecule has 0 bridgehead atoms. The molecule has 0 aliphatic heterocycles. The summed E-state index contributed by atoms with van der Waals surface area (Å²) in [6.07, 6.45) is 0.338. The van der Waals surface area contributed by atoms with E-state index in [1.807, 2.05) is 48.0 Å². The Bertz CT molecular complexity index is 781. The summed E-state index contributed by atoms with van der Waals surface area (Å²) in [5.74, 6) is -0.0155. The third kappa shape index (κ3) is 3.32. The van der Waals surface area contributed by atoms with Gasteiger partial charge in [-0.1, -0.05) is 36.4 Å². The second kappa shape index (κ2) is 6.68. The molecule has 22 heavy (non-hydrogen) atoms. The van der Waals surface area contributed by atoms with E-state index in [1.165, 1.54) is 0 Å². The van der Waals surface area contributed by atoms with E-state index in [2.05, 4.69) is 10.3 Å². The first-order valence-electron chi connectivity index (χ1n) is 7.03. The number of amides is 1. The number of carbonyl (C=O) groups excluding carboxylic acids is 1. The predicted octanol–water partition coefficient (Wildman–Crippen LogP) is 2.65. The van der Waals surface area contributed by atoms with E-state index < -0.39 is 0 Å². The zero-order valence-electron chi connectivity index (χ0n) is 12.0. The quantitative estimate of drug-likeness (QED) is 0.761. The summed E-state index contributed by atoms with van der Waals surface area (Å²) in [5.41, 5.74) is 5.66. The number of rotatable bonds is 5. The van der Waals surface area contributed by atoms with Gasteiger partial charge in [0.25, 0.3) is 0 Å². The molecule has 2 aromatic carbocycles. The second-order valence-electron chi connectivity index (χ2n) is 5.05. The van der Waals surface area contributed by atoms with Gasteiger partial charge in [-0.25, -0.2) is 4.98 Å². The number of thiazole rings is 1. The molecule has 1 aromatic heterocycles. The molecule has 0 aliphatic carbocycles. The van der Waals surface area contributed by atoms with Crippen molar-refractivity contribution in [2.75, 3.05) is 0 Å². The number of nitrogens with one attached hydrogen (secondary N) is 1. The maximum Gasteiger partial charge on any atom is 0.224 e. The summed E-state index contributed by atoms with van der Waals surface area (Å²) in [5, 5.41) is 12.0. The summed E-state index contributed by atoms with van der Waals surface area (Å²) >= 11 is 1.59. The fraction of sp³-hybridized carbons (Fsp3) is 0.176. The van der Waals surface area contributed by atoms with E-state index in [0.717, 1.165) is 26.9 Å². The van der Waals surface area contributed by atoms with Gasteiger partial charge in [0.05, 0.1) is 28.8 Å². The molecule has 0 unspecified atom stereocenters. The number of aliphatic hydroxyl groups excluding tert-OH is 1. The van der Waals surface area contributed by atoms with E-state index in [4.69, 9.17) is 5.11 Å². The molecule has 0 saturated heterocycles. The van der Waals surface area contributed by atoms with Gasteiger partial charge in [-0.3, -0.25) is 4.79 Å². The molecule has 3 rings (SSSR count). The molecule has 1 amide bonds. The molecular weight excluding hydrogens is 296 g/mol. The van der Waals surface area contributed by atoms with Crippen molar-refractivity contribution in [1.29, 1.82) is 0 Å². The second-order valence-corrected chi connectivity index (χ2v) is 5.90. The highest BCUT2D eigenvalue weighted by molar-refractivity contribution is 7.16. The SMILES string of the molecule is O=C(Cc1ccc(CO)cc1)NCc1cccc2ncsc12. The average molecular weight is 312 g/mol. The number of hydrogen-bond donors (Lipinski definition) is 2. The first-order valence-corrected chi connectivity index (χ1v) is 7.90. The average Bonchev–Trinajstić information content (AvgIpc) is 3.03. The molecule has 0 radical (unpaired) electrons. The predicted molar refractivity (Wildman–Crippen MR) is 87.5 cm³/mol. The van der Waals surface area contributed by atoms with Crippen molar-refractivity contribution in [2.24, 2.45) is 0 Å². The van der Waals surface area contributed by atoms with E-state index >= 15 is 0 Å². The monoisotopic (exact) mass is 312 g/mol. The Kier molecular flexibility index (Phi) is 4.46. The largest absolute Gasteiger partial charge is 0.392 e. The minimum atomic E-state index is -0.0155. The lowest BCUT2D eigenvalue weighted by Gasteiger charge is -2.07. The fourth-order valence-electron chi connectivity index (χ4n) is 2.29. The van der Waals surface area contributed by atoms with Gasteiger partial charge in [-0.05, 0) is 22.8 Å². The molecule has 0 aliphatic rings. The minimum absolute atomic E-state index is 0.0155. The third-order valence-corrected chi connectivity index (χ3v) is 4.40. The van der Waals surface area contributed by atoms with Crippen LogP contribution in [0.25, 0.3) is 10.2 Å².